The molecule has 1 fully saturated rings. The molecule has 22 heavy (non-hydrogen) atoms. The topological polar surface area (TPSA) is 95.9 Å². The van der Waals surface area contributed by atoms with E-state index in [-0.39, 0.29) is 6.61 Å². The van der Waals surface area contributed by atoms with Crippen molar-refractivity contribution in [3.8, 4) is 0 Å². The molecule has 0 saturated heterocycles. The molecule has 0 heterocycles. The van der Waals surface area contributed by atoms with Gasteiger partial charge in [0.15, 0.2) is 6.04 Å². The molecule has 6 nitrogen and oxygen atoms in total. The summed E-state index contributed by atoms with van der Waals surface area (Å²) in [7, 11) is 0. The fourth-order valence-electron chi connectivity index (χ4n) is 2.76. The zero-order valence-corrected chi connectivity index (χ0v) is 12.3. The average molecular weight is 307 g/mol. The molecule has 0 aliphatic heterocycles. The Morgan fingerprint density at radius 2 is 1.82 bits per heavy atom. The molecule has 1 amide bonds. The molecule has 1 atom stereocenters. The summed E-state index contributed by atoms with van der Waals surface area (Å²) in [6, 6.07) is 7.75. The Labute approximate surface area is 129 Å². The Hall–Kier alpha value is -2.08. The Bertz CT molecular complexity index is 511. The first kappa shape index (κ1) is 16.3. The molecule has 1 saturated carbocycles. The van der Waals surface area contributed by atoms with Crippen LogP contribution in [0.1, 0.15) is 37.7 Å². The summed E-state index contributed by atoms with van der Waals surface area (Å²) in [6.07, 6.45) is 2.36. The molecular formula is C16H21NO5. The van der Waals surface area contributed by atoms with Crippen molar-refractivity contribution in [2.24, 2.45) is 0 Å². The molecule has 1 unspecified atom stereocenters. The lowest BCUT2D eigenvalue weighted by molar-refractivity contribution is -0.149. The van der Waals surface area contributed by atoms with Crippen molar-refractivity contribution < 1.29 is 24.5 Å². The van der Waals surface area contributed by atoms with Gasteiger partial charge < -0.3 is 20.3 Å². The van der Waals surface area contributed by atoms with Gasteiger partial charge >= 0.3 is 12.1 Å². The van der Waals surface area contributed by atoms with Gasteiger partial charge in [-0.05, 0) is 18.4 Å². The lowest BCUT2D eigenvalue weighted by Crippen LogP contribution is -2.57. The zero-order valence-electron chi connectivity index (χ0n) is 12.3. The molecular weight excluding hydrogens is 286 g/mol. The molecule has 1 aromatic carbocycles. The van der Waals surface area contributed by atoms with Gasteiger partial charge in [-0.15, -0.1) is 0 Å². The van der Waals surface area contributed by atoms with Gasteiger partial charge in [0.2, 0.25) is 0 Å². The van der Waals surface area contributed by atoms with E-state index in [1.165, 1.54) is 0 Å². The first-order valence-electron chi connectivity index (χ1n) is 7.44. The first-order chi connectivity index (χ1) is 10.5. The van der Waals surface area contributed by atoms with Crippen LogP contribution in [0.15, 0.2) is 30.3 Å². The van der Waals surface area contributed by atoms with Gasteiger partial charge in [-0.2, -0.15) is 0 Å². The van der Waals surface area contributed by atoms with Gasteiger partial charge in [0.25, 0.3) is 0 Å². The maximum atomic E-state index is 11.8. The van der Waals surface area contributed by atoms with Gasteiger partial charge in [-0.3, -0.25) is 0 Å². The summed E-state index contributed by atoms with van der Waals surface area (Å²) in [4.78, 5) is 23.2. The van der Waals surface area contributed by atoms with E-state index in [1.54, 1.807) is 12.1 Å². The van der Waals surface area contributed by atoms with Gasteiger partial charge in [0, 0.05) is 0 Å². The largest absolute Gasteiger partial charge is 0.480 e. The van der Waals surface area contributed by atoms with Crippen molar-refractivity contribution in [1.29, 1.82) is 0 Å². The second kappa shape index (κ2) is 7.26. The molecule has 1 aliphatic rings. The number of carbonyl (C=O) groups excluding carboxylic acids is 1. The summed E-state index contributed by atoms with van der Waals surface area (Å²) < 4.78 is 5.02. The Morgan fingerprint density at radius 3 is 2.41 bits per heavy atom. The number of hydrogen-bond acceptors (Lipinski definition) is 4. The van der Waals surface area contributed by atoms with E-state index < -0.39 is 23.7 Å². The van der Waals surface area contributed by atoms with Crippen molar-refractivity contribution in [1.82, 2.24) is 5.32 Å². The predicted molar refractivity (Wildman–Crippen MR) is 79.2 cm³/mol. The second-order valence-electron chi connectivity index (χ2n) is 5.64. The third-order valence-corrected chi connectivity index (χ3v) is 3.98. The number of carbonyl (C=O) groups is 2. The summed E-state index contributed by atoms with van der Waals surface area (Å²) >= 11 is 0. The third kappa shape index (κ3) is 4.21. The minimum atomic E-state index is -1.41. The highest BCUT2D eigenvalue weighted by atomic mass is 16.5. The number of benzene rings is 1. The molecule has 1 aliphatic carbocycles. The van der Waals surface area contributed by atoms with E-state index in [0.717, 1.165) is 24.8 Å². The van der Waals surface area contributed by atoms with E-state index >= 15 is 0 Å². The molecule has 0 bridgehead atoms. The SMILES string of the molecule is O=C(NC(C(=O)O)C1(O)CCCCC1)OCc1ccccc1. The zero-order chi connectivity index (χ0) is 16.0. The molecule has 0 aromatic heterocycles. The van der Waals surface area contributed by atoms with Crippen molar-refractivity contribution >= 4 is 12.1 Å². The fourth-order valence-corrected chi connectivity index (χ4v) is 2.76. The first-order valence-corrected chi connectivity index (χ1v) is 7.44. The third-order valence-electron chi connectivity index (χ3n) is 3.98. The van der Waals surface area contributed by atoms with E-state index in [0.29, 0.717) is 12.8 Å². The van der Waals surface area contributed by atoms with Gasteiger partial charge in [0.05, 0.1) is 5.60 Å². The Balaban J connectivity index is 1.93. The molecule has 1 aromatic rings. The second-order valence-corrected chi connectivity index (χ2v) is 5.64. The van der Waals surface area contributed by atoms with Crippen LogP contribution < -0.4 is 5.32 Å². The van der Waals surface area contributed by atoms with Crippen LogP contribution in [0.3, 0.4) is 0 Å². The van der Waals surface area contributed by atoms with Crippen LogP contribution >= 0.6 is 0 Å². The normalized spacial score (nSPS) is 18.2. The number of aliphatic hydroxyl groups is 1. The van der Waals surface area contributed by atoms with Gasteiger partial charge in [-0.1, -0.05) is 49.6 Å². The maximum absolute atomic E-state index is 11.8. The van der Waals surface area contributed by atoms with E-state index in [2.05, 4.69) is 5.32 Å². The standard InChI is InChI=1S/C16H21NO5/c18-14(19)13(16(21)9-5-2-6-10-16)17-15(20)22-11-12-7-3-1-4-8-12/h1,3-4,7-8,13,21H,2,5-6,9-11H2,(H,17,20)(H,18,19). The number of aliphatic carboxylic acids is 1. The number of amides is 1. The highest BCUT2D eigenvalue weighted by Gasteiger charge is 2.43. The van der Waals surface area contributed by atoms with Crippen molar-refractivity contribution in [2.75, 3.05) is 0 Å². The fraction of sp³-hybridized carbons (Fsp3) is 0.500. The number of ether oxygens (including phenoxy) is 1. The quantitative estimate of drug-likeness (QED) is 0.774. The average Bonchev–Trinajstić information content (AvgIpc) is 2.52. The number of nitrogens with one attached hydrogen (secondary N) is 1. The molecule has 120 valence electrons. The minimum Gasteiger partial charge on any atom is -0.480 e. The van der Waals surface area contributed by atoms with Gasteiger partial charge in [0.1, 0.15) is 6.61 Å². The molecule has 2 rings (SSSR count). The number of rotatable bonds is 5. The molecule has 3 N–H and O–H groups in total. The van der Waals surface area contributed by atoms with Crippen molar-refractivity contribution in [2.45, 2.75) is 50.4 Å². The highest BCUT2D eigenvalue weighted by Crippen LogP contribution is 2.31. The summed E-state index contributed by atoms with van der Waals surface area (Å²) in [5.74, 6) is -1.25. The summed E-state index contributed by atoms with van der Waals surface area (Å²) in [6.45, 7) is 0.0530. The summed E-state index contributed by atoms with van der Waals surface area (Å²) in [5.41, 5.74) is -0.601. The Morgan fingerprint density at radius 1 is 1.18 bits per heavy atom. The van der Waals surface area contributed by atoms with Crippen molar-refractivity contribution in [3.05, 3.63) is 35.9 Å². The smallest absolute Gasteiger partial charge is 0.408 e. The monoisotopic (exact) mass is 307 g/mol. The molecule has 0 radical (unpaired) electrons. The maximum Gasteiger partial charge on any atom is 0.408 e. The van der Waals surface area contributed by atoms with Gasteiger partial charge in [-0.25, -0.2) is 9.59 Å². The Kier molecular flexibility index (Phi) is 5.38. The van der Waals surface area contributed by atoms with Crippen LogP contribution in [0.2, 0.25) is 0 Å². The van der Waals surface area contributed by atoms with E-state index in [4.69, 9.17) is 4.74 Å². The predicted octanol–water partition coefficient (Wildman–Crippen LogP) is 2.06. The highest BCUT2D eigenvalue weighted by molar-refractivity contribution is 5.81. The van der Waals surface area contributed by atoms with Crippen molar-refractivity contribution in [3.63, 3.8) is 0 Å². The minimum absolute atomic E-state index is 0.0530. The van der Waals surface area contributed by atoms with E-state index in [1.807, 2.05) is 18.2 Å². The molecule has 6 heteroatoms. The lowest BCUT2D eigenvalue weighted by atomic mass is 9.79. The lowest BCUT2D eigenvalue weighted by Gasteiger charge is -2.36. The van der Waals surface area contributed by atoms with Crippen LogP contribution in [-0.2, 0) is 16.1 Å². The van der Waals surface area contributed by atoms with E-state index in [9.17, 15) is 19.8 Å². The van der Waals surface area contributed by atoms with Crippen LogP contribution in [0, 0.1) is 0 Å². The number of carboxylic acid groups (broad SMARTS) is 1. The van der Waals surface area contributed by atoms with Crippen LogP contribution in [0.4, 0.5) is 4.79 Å². The molecule has 0 spiro atoms. The summed E-state index contributed by atoms with van der Waals surface area (Å²) in [5, 5.41) is 22.1. The number of carboxylic acids is 1. The van der Waals surface area contributed by atoms with Crippen LogP contribution in [0.5, 0.6) is 0 Å². The van der Waals surface area contributed by atoms with Crippen LogP contribution in [-0.4, -0.2) is 33.9 Å². The number of hydrogen-bond donors (Lipinski definition) is 3. The number of alkyl carbamates (subject to hydrolysis) is 1. The van der Waals surface area contributed by atoms with Crippen LogP contribution in [0.25, 0.3) is 0 Å².